The van der Waals surface area contributed by atoms with Gasteiger partial charge in [-0.25, -0.2) is 0 Å². The predicted octanol–water partition coefficient (Wildman–Crippen LogP) is 2.28. The predicted molar refractivity (Wildman–Crippen MR) is 79.5 cm³/mol. The van der Waals surface area contributed by atoms with Crippen molar-refractivity contribution in [1.82, 2.24) is 4.90 Å². The van der Waals surface area contributed by atoms with Gasteiger partial charge in [-0.15, -0.1) is 12.4 Å². The summed E-state index contributed by atoms with van der Waals surface area (Å²) in [5, 5.41) is 0. The van der Waals surface area contributed by atoms with E-state index in [1.807, 2.05) is 29.2 Å². The van der Waals surface area contributed by atoms with E-state index in [0.717, 1.165) is 28.5 Å². The number of hydrogen-bond donors (Lipinski definition) is 1. The van der Waals surface area contributed by atoms with Crippen molar-refractivity contribution in [2.24, 2.45) is 5.73 Å². The number of nitrogens with two attached hydrogens (primary N) is 1. The van der Waals surface area contributed by atoms with Crippen LogP contribution in [0.5, 0.6) is 0 Å². The highest BCUT2D eigenvalue weighted by molar-refractivity contribution is 14.1. The number of likely N-dealkylation sites (tertiary alicyclic amines) is 1. The van der Waals surface area contributed by atoms with Crippen LogP contribution < -0.4 is 5.73 Å². The third-order valence-corrected chi connectivity index (χ3v) is 3.49. The van der Waals surface area contributed by atoms with E-state index < -0.39 is 0 Å². The normalized spacial score (nSPS) is 19.6. The minimum atomic E-state index is 0. The van der Waals surface area contributed by atoms with Crippen molar-refractivity contribution in [3.05, 3.63) is 33.4 Å². The van der Waals surface area contributed by atoms with E-state index in [1.54, 1.807) is 0 Å². The van der Waals surface area contributed by atoms with Crippen LogP contribution in [0.2, 0.25) is 0 Å². The van der Waals surface area contributed by atoms with Crippen molar-refractivity contribution in [2.45, 2.75) is 18.9 Å². The molecule has 1 aromatic rings. The van der Waals surface area contributed by atoms with E-state index in [4.69, 9.17) is 5.73 Å². The van der Waals surface area contributed by atoms with Crippen LogP contribution in [0.3, 0.4) is 0 Å². The third kappa shape index (κ3) is 3.82. The molecule has 1 saturated heterocycles. The molecule has 1 amide bonds. The minimum Gasteiger partial charge on any atom is -0.337 e. The van der Waals surface area contributed by atoms with Crippen molar-refractivity contribution in [1.29, 1.82) is 0 Å². The van der Waals surface area contributed by atoms with Gasteiger partial charge in [-0.2, -0.15) is 0 Å². The summed E-state index contributed by atoms with van der Waals surface area (Å²) in [5.41, 5.74) is 6.64. The highest BCUT2D eigenvalue weighted by Crippen LogP contribution is 2.14. The van der Waals surface area contributed by atoms with Gasteiger partial charge in [-0.1, -0.05) is 6.07 Å². The molecule has 0 aliphatic carbocycles. The van der Waals surface area contributed by atoms with Crippen LogP contribution in [0.4, 0.5) is 0 Å². The fourth-order valence-electron chi connectivity index (χ4n) is 2.00. The lowest BCUT2D eigenvalue weighted by Crippen LogP contribution is -2.45. The van der Waals surface area contributed by atoms with E-state index in [2.05, 4.69) is 22.6 Å². The van der Waals surface area contributed by atoms with Crippen LogP contribution in [-0.4, -0.2) is 29.9 Å². The van der Waals surface area contributed by atoms with Crippen LogP contribution in [0.1, 0.15) is 23.2 Å². The summed E-state index contributed by atoms with van der Waals surface area (Å²) in [6.45, 7) is 1.52. The van der Waals surface area contributed by atoms with Crippen molar-refractivity contribution in [3.8, 4) is 0 Å². The molecule has 2 rings (SSSR count). The zero-order chi connectivity index (χ0) is 11.5. The zero-order valence-electron chi connectivity index (χ0n) is 9.43. The van der Waals surface area contributed by atoms with Gasteiger partial charge in [0.05, 0.1) is 0 Å². The lowest BCUT2D eigenvalue weighted by Gasteiger charge is -2.30. The molecule has 5 heteroatoms. The second-order valence-corrected chi connectivity index (χ2v) is 5.41. The van der Waals surface area contributed by atoms with Gasteiger partial charge in [-0.05, 0) is 53.6 Å². The average Bonchev–Trinajstić information content (AvgIpc) is 2.28. The molecule has 2 N–H and O–H groups in total. The second kappa shape index (κ2) is 6.56. The Labute approximate surface area is 121 Å². The number of carbonyl (C=O) groups is 1. The van der Waals surface area contributed by atoms with Crippen molar-refractivity contribution in [3.63, 3.8) is 0 Å². The molecule has 0 aromatic heterocycles. The van der Waals surface area contributed by atoms with Crippen LogP contribution in [0, 0.1) is 3.57 Å². The largest absolute Gasteiger partial charge is 0.337 e. The number of halogens is 2. The zero-order valence-corrected chi connectivity index (χ0v) is 12.4. The Morgan fingerprint density at radius 1 is 1.47 bits per heavy atom. The van der Waals surface area contributed by atoms with E-state index >= 15 is 0 Å². The van der Waals surface area contributed by atoms with Crippen molar-refractivity contribution < 1.29 is 4.79 Å². The van der Waals surface area contributed by atoms with Crippen LogP contribution >= 0.6 is 35.0 Å². The summed E-state index contributed by atoms with van der Waals surface area (Å²) in [6, 6.07) is 7.83. The Hall–Kier alpha value is -0.330. The molecule has 1 atom stereocenters. The molecular formula is C12H16ClIN2O. The molecule has 0 radical (unpaired) electrons. The molecule has 1 fully saturated rings. The van der Waals surface area contributed by atoms with Crippen molar-refractivity contribution in [2.75, 3.05) is 13.1 Å². The molecule has 0 unspecified atom stereocenters. The Kier molecular flexibility index (Phi) is 5.69. The molecular weight excluding hydrogens is 351 g/mol. The Bertz CT molecular complexity index is 400. The van der Waals surface area contributed by atoms with Crippen molar-refractivity contribution >= 4 is 40.9 Å². The van der Waals surface area contributed by atoms with Gasteiger partial charge in [0.15, 0.2) is 0 Å². The average molecular weight is 367 g/mol. The fourth-order valence-corrected chi connectivity index (χ4v) is 2.54. The molecule has 3 nitrogen and oxygen atoms in total. The quantitative estimate of drug-likeness (QED) is 0.775. The number of rotatable bonds is 1. The highest BCUT2D eigenvalue weighted by atomic mass is 127. The van der Waals surface area contributed by atoms with E-state index in [1.165, 1.54) is 0 Å². The molecule has 0 saturated carbocycles. The van der Waals surface area contributed by atoms with E-state index in [9.17, 15) is 4.79 Å². The van der Waals surface area contributed by atoms with E-state index in [-0.39, 0.29) is 24.4 Å². The third-order valence-electron chi connectivity index (χ3n) is 2.82. The summed E-state index contributed by atoms with van der Waals surface area (Å²) in [4.78, 5) is 14.0. The molecule has 1 aliphatic rings. The van der Waals surface area contributed by atoms with Crippen LogP contribution in [0.15, 0.2) is 24.3 Å². The van der Waals surface area contributed by atoms with Gasteiger partial charge in [0.2, 0.25) is 0 Å². The summed E-state index contributed by atoms with van der Waals surface area (Å²) in [6.07, 6.45) is 2.03. The summed E-state index contributed by atoms with van der Waals surface area (Å²) in [5.74, 6) is 0.105. The number of piperidine rings is 1. The van der Waals surface area contributed by atoms with Gasteiger partial charge >= 0.3 is 0 Å². The topological polar surface area (TPSA) is 46.3 Å². The molecule has 1 aliphatic heterocycles. The SMILES string of the molecule is Cl.N[C@@H]1CCCN(C(=O)c2cccc(I)c2)C1. The molecule has 1 aromatic carbocycles. The van der Waals surface area contributed by atoms with E-state index in [0.29, 0.717) is 6.54 Å². The lowest BCUT2D eigenvalue weighted by molar-refractivity contribution is 0.0709. The first kappa shape index (κ1) is 14.7. The van der Waals surface area contributed by atoms with Gasteiger partial charge in [-0.3, -0.25) is 4.79 Å². The maximum absolute atomic E-state index is 12.2. The number of amides is 1. The first-order valence-corrected chi connectivity index (χ1v) is 6.55. The smallest absolute Gasteiger partial charge is 0.253 e. The van der Waals surface area contributed by atoms with Gasteiger partial charge in [0.25, 0.3) is 5.91 Å². The van der Waals surface area contributed by atoms with Gasteiger partial charge < -0.3 is 10.6 Å². The first-order chi connectivity index (χ1) is 7.66. The maximum atomic E-state index is 12.2. The highest BCUT2D eigenvalue weighted by Gasteiger charge is 2.22. The standard InChI is InChI=1S/C12H15IN2O.ClH/c13-10-4-1-3-9(7-10)12(16)15-6-2-5-11(14)8-15;/h1,3-4,7,11H,2,5-6,8,14H2;1H/t11-;/m1./s1. The number of benzene rings is 1. The fraction of sp³-hybridized carbons (Fsp3) is 0.417. The molecule has 94 valence electrons. The maximum Gasteiger partial charge on any atom is 0.253 e. The number of carbonyl (C=O) groups excluding carboxylic acids is 1. The van der Waals surface area contributed by atoms with Gasteiger partial charge in [0.1, 0.15) is 0 Å². The second-order valence-electron chi connectivity index (χ2n) is 4.16. The van der Waals surface area contributed by atoms with Crippen LogP contribution in [0.25, 0.3) is 0 Å². The minimum absolute atomic E-state index is 0. The summed E-state index contributed by atoms with van der Waals surface area (Å²) < 4.78 is 1.09. The first-order valence-electron chi connectivity index (χ1n) is 5.47. The summed E-state index contributed by atoms with van der Waals surface area (Å²) in [7, 11) is 0. The van der Waals surface area contributed by atoms with Gasteiger partial charge in [0, 0.05) is 28.3 Å². The Morgan fingerprint density at radius 3 is 2.88 bits per heavy atom. The Balaban J connectivity index is 0.00000144. The monoisotopic (exact) mass is 366 g/mol. The Morgan fingerprint density at radius 2 is 2.24 bits per heavy atom. The molecule has 0 bridgehead atoms. The molecule has 17 heavy (non-hydrogen) atoms. The molecule has 1 heterocycles. The molecule has 0 spiro atoms. The number of hydrogen-bond acceptors (Lipinski definition) is 2. The number of nitrogens with zero attached hydrogens (tertiary/aromatic N) is 1. The van der Waals surface area contributed by atoms with Crippen LogP contribution in [-0.2, 0) is 0 Å². The lowest BCUT2D eigenvalue weighted by atomic mass is 10.1. The summed E-state index contributed by atoms with van der Waals surface area (Å²) >= 11 is 2.22.